The molecule has 0 unspecified atom stereocenters. The minimum Gasteiger partial charge on any atom is -0.496 e. The highest BCUT2D eigenvalue weighted by Gasteiger charge is 2.07. The standard InChI is InChI=1S/C9H11BrClNO2/c1-13-8-4-7(11)3-6(9(8)10)5-12-14-2/h3-4,12H,5H2,1-2H3. The maximum Gasteiger partial charge on any atom is 0.134 e. The minimum absolute atomic E-state index is 0.563. The first-order valence-corrected chi connectivity index (χ1v) is 5.14. The zero-order valence-electron chi connectivity index (χ0n) is 7.93. The Morgan fingerprint density at radius 1 is 1.43 bits per heavy atom. The first kappa shape index (κ1) is 11.8. The highest BCUT2D eigenvalue weighted by atomic mass is 79.9. The molecule has 1 aromatic carbocycles. The molecule has 1 aromatic rings. The van der Waals surface area contributed by atoms with Crippen LogP contribution >= 0.6 is 27.5 Å². The molecule has 78 valence electrons. The Bertz CT molecular complexity index is 320. The van der Waals surface area contributed by atoms with Crippen LogP contribution in [0.1, 0.15) is 5.56 Å². The highest BCUT2D eigenvalue weighted by molar-refractivity contribution is 9.10. The van der Waals surface area contributed by atoms with Crippen molar-refractivity contribution in [3.63, 3.8) is 0 Å². The van der Waals surface area contributed by atoms with Gasteiger partial charge in [-0.3, -0.25) is 0 Å². The Labute approximate surface area is 96.4 Å². The Kier molecular flexibility index (Phi) is 4.68. The monoisotopic (exact) mass is 279 g/mol. The molecular formula is C9H11BrClNO2. The van der Waals surface area contributed by atoms with Crippen LogP contribution in [0.2, 0.25) is 5.02 Å². The normalized spacial score (nSPS) is 10.3. The molecule has 0 amide bonds. The summed E-state index contributed by atoms with van der Waals surface area (Å²) in [7, 11) is 3.17. The van der Waals surface area contributed by atoms with Crippen LogP contribution < -0.4 is 10.2 Å². The first-order valence-electron chi connectivity index (χ1n) is 3.96. The SMILES string of the molecule is CONCc1cc(Cl)cc(OC)c1Br. The van der Waals surface area contributed by atoms with Gasteiger partial charge in [0.05, 0.1) is 18.7 Å². The van der Waals surface area contributed by atoms with E-state index in [2.05, 4.69) is 21.4 Å². The second kappa shape index (κ2) is 5.56. The van der Waals surface area contributed by atoms with Crippen LogP contribution in [0.15, 0.2) is 16.6 Å². The van der Waals surface area contributed by atoms with Gasteiger partial charge in [-0.15, -0.1) is 0 Å². The quantitative estimate of drug-likeness (QED) is 0.860. The van der Waals surface area contributed by atoms with Crippen LogP contribution in [0, 0.1) is 0 Å². The molecule has 0 saturated carbocycles. The predicted molar refractivity (Wildman–Crippen MR) is 59.6 cm³/mol. The number of halogens is 2. The van der Waals surface area contributed by atoms with Crippen molar-refractivity contribution in [3.05, 3.63) is 27.2 Å². The molecule has 1 rings (SSSR count). The molecule has 0 saturated heterocycles. The molecule has 0 fully saturated rings. The zero-order chi connectivity index (χ0) is 10.6. The Morgan fingerprint density at radius 3 is 2.71 bits per heavy atom. The summed E-state index contributed by atoms with van der Waals surface area (Å²) in [5.41, 5.74) is 3.72. The highest BCUT2D eigenvalue weighted by Crippen LogP contribution is 2.32. The lowest BCUT2D eigenvalue weighted by molar-refractivity contribution is 0.0865. The molecule has 0 aliphatic rings. The predicted octanol–water partition coefficient (Wildman–Crippen LogP) is 2.76. The molecule has 0 bridgehead atoms. The average molecular weight is 281 g/mol. The molecule has 0 heterocycles. The maximum atomic E-state index is 5.91. The van der Waals surface area contributed by atoms with Gasteiger partial charge in [-0.2, -0.15) is 5.48 Å². The fraction of sp³-hybridized carbons (Fsp3) is 0.333. The lowest BCUT2D eigenvalue weighted by Gasteiger charge is -2.09. The second-order valence-electron chi connectivity index (χ2n) is 2.61. The van der Waals surface area contributed by atoms with Crippen molar-refractivity contribution >= 4 is 27.5 Å². The molecule has 0 spiro atoms. The van der Waals surface area contributed by atoms with Crippen molar-refractivity contribution in [2.24, 2.45) is 0 Å². The van der Waals surface area contributed by atoms with Crippen molar-refractivity contribution in [2.75, 3.05) is 14.2 Å². The molecule has 0 radical (unpaired) electrons. The summed E-state index contributed by atoms with van der Waals surface area (Å²) in [4.78, 5) is 4.76. The van der Waals surface area contributed by atoms with Crippen LogP contribution in [-0.4, -0.2) is 14.2 Å². The van der Waals surface area contributed by atoms with E-state index in [4.69, 9.17) is 21.2 Å². The van der Waals surface area contributed by atoms with Crippen LogP contribution in [0.5, 0.6) is 5.75 Å². The van der Waals surface area contributed by atoms with Gasteiger partial charge in [0.2, 0.25) is 0 Å². The van der Waals surface area contributed by atoms with Crippen molar-refractivity contribution in [1.82, 2.24) is 5.48 Å². The number of rotatable bonds is 4. The second-order valence-corrected chi connectivity index (χ2v) is 3.84. The Morgan fingerprint density at radius 2 is 2.14 bits per heavy atom. The van der Waals surface area contributed by atoms with Gasteiger partial charge in [0.15, 0.2) is 0 Å². The van der Waals surface area contributed by atoms with Gasteiger partial charge in [-0.05, 0) is 33.6 Å². The third kappa shape index (κ3) is 2.85. The molecule has 3 nitrogen and oxygen atoms in total. The first-order chi connectivity index (χ1) is 6.69. The van der Waals surface area contributed by atoms with E-state index in [-0.39, 0.29) is 0 Å². The number of hydroxylamine groups is 1. The van der Waals surface area contributed by atoms with Crippen LogP contribution in [0.25, 0.3) is 0 Å². The van der Waals surface area contributed by atoms with Crippen molar-refractivity contribution in [2.45, 2.75) is 6.54 Å². The topological polar surface area (TPSA) is 30.5 Å². The van der Waals surface area contributed by atoms with E-state index in [1.54, 1.807) is 20.3 Å². The summed E-state index contributed by atoms with van der Waals surface area (Å²) >= 11 is 9.34. The van der Waals surface area contributed by atoms with Gasteiger partial charge < -0.3 is 9.57 Å². The number of ether oxygens (including phenoxy) is 1. The van der Waals surface area contributed by atoms with Crippen LogP contribution in [-0.2, 0) is 11.4 Å². The average Bonchev–Trinajstić information content (AvgIpc) is 2.18. The molecule has 0 aliphatic carbocycles. The van der Waals surface area contributed by atoms with E-state index in [9.17, 15) is 0 Å². The van der Waals surface area contributed by atoms with Gasteiger partial charge in [0, 0.05) is 11.6 Å². The van der Waals surface area contributed by atoms with E-state index in [0.29, 0.717) is 17.3 Å². The largest absolute Gasteiger partial charge is 0.496 e. The van der Waals surface area contributed by atoms with Crippen molar-refractivity contribution in [3.8, 4) is 5.75 Å². The number of hydrogen-bond donors (Lipinski definition) is 1. The van der Waals surface area contributed by atoms with E-state index in [1.165, 1.54) is 0 Å². The van der Waals surface area contributed by atoms with Crippen molar-refractivity contribution in [1.29, 1.82) is 0 Å². The smallest absolute Gasteiger partial charge is 0.134 e. The molecule has 5 heteroatoms. The summed E-state index contributed by atoms with van der Waals surface area (Å²) in [5, 5.41) is 0.637. The number of benzene rings is 1. The number of nitrogens with one attached hydrogen (secondary N) is 1. The third-order valence-electron chi connectivity index (χ3n) is 1.71. The van der Waals surface area contributed by atoms with Gasteiger partial charge in [0.1, 0.15) is 5.75 Å². The third-order valence-corrected chi connectivity index (χ3v) is 2.82. The van der Waals surface area contributed by atoms with Crippen LogP contribution in [0.4, 0.5) is 0 Å². The van der Waals surface area contributed by atoms with E-state index in [1.807, 2.05) is 6.07 Å². The Hall–Kier alpha value is -0.290. The molecule has 14 heavy (non-hydrogen) atoms. The molecular weight excluding hydrogens is 269 g/mol. The fourth-order valence-corrected chi connectivity index (χ4v) is 1.81. The maximum absolute atomic E-state index is 5.91. The van der Waals surface area contributed by atoms with Gasteiger partial charge in [-0.25, -0.2) is 0 Å². The van der Waals surface area contributed by atoms with E-state index < -0.39 is 0 Å². The summed E-state index contributed by atoms with van der Waals surface area (Å²) in [6, 6.07) is 3.60. The summed E-state index contributed by atoms with van der Waals surface area (Å²) < 4.78 is 6.03. The van der Waals surface area contributed by atoms with E-state index in [0.717, 1.165) is 10.0 Å². The van der Waals surface area contributed by atoms with Crippen LogP contribution in [0.3, 0.4) is 0 Å². The summed E-state index contributed by atoms with van der Waals surface area (Å²) in [5.74, 6) is 0.713. The molecule has 0 atom stereocenters. The summed E-state index contributed by atoms with van der Waals surface area (Å²) in [6.07, 6.45) is 0. The number of hydrogen-bond acceptors (Lipinski definition) is 3. The molecule has 0 aromatic heterocycles. The summed E-state index contributed by atoms with van der Waals surface area (Å²) in [6.45, 7) is 0.563. The molecule has 1 N–H and O–H groups in total. The lowest BCUT2D eigenvalue weighted by atomic mass is 10.2. The van der Waals surface area contributed by atoms with Crippen molar-refractivity contribution < 1.29 is 9.57 Å². The molecule has 0 aliphatic heterocycles. The zero-order valence-corrected chi connectivity index (χ0v) is 10.3. The Balaban J connectivity index is 2.96. The minimum atomic E-state index is 0.563. The van der Waals surface area contributed by atoms with Gasteiger partial charge in [-0.1, -0.05) is 11.6 Å². The number of methoxy groups -OCH3 is 1. The van der Waals surface area contributed by atoms with E-state index >= 15 is 0 Å². The fourth-order valence-electron chi connectivity index (χ4n) is 1.05. The van der Waals surface area contributed by atoms with Gasteiger partial charge >= 0.3 is 0 Å². The van der Waals surface area contributed by atoms with Gasteiger partial charge in [0.25, 0.3) is 0 Å². The lowest BCUT2D eigenvalue weighted by Crippen LogP contribution is -2.11.